The second-order valence-corrected chi connectivity index (χ2v) is 1.34. The summed E-state index contributed by atoms with van der Waals surface area (Å²) in [6.45, 7) is 0. The molecule has 46 valence electrons. The van der Waals surface area contributed by atoms with Gasteiger partial charge in [-0.2, -0.15) is 7.82 Å². The summed E-state index contributed by atoms with van der Waals surface area (Å²) in [6, 6.07) is 0. The average molecular weight is 175 g/mol. The van der Waals surface area contributed by atoms with Crippen LogP contribution < -0.4 is 14.7 Å². The molecule has 0 aliphatic carbocycles. The van der Waals surface area contributed by atoms with Gasteiger partial charge in [-0.25, -0.2) is 0 Å². The van der Waals surface area contributed by atoms with Crippen LogP contribution in [0, 0.1) is 0 Å². The molecule has 0 atom stereocenters. The van der Waals surface area contributed by atoms with E-state index in [9.17, 15) is 0 Å². The Kier molecular flexibility index (Phi) is 6.82. The predicted octanol–water partition coefficient (Wildman–Crippen LogP) is -2.95. The van der Waals surface area contributed by atoms with E-state index >= 15 is 0 Å². The maximum atomic E-state index is 8.55. The maximum absolute atomic E-state index is 8.55. The van der Waals surface area contributed by atoms with E-state index in [2.05, 4.69) is 15.9 Å². The summed E-state index contributed by atoms with van der Waals surface area (Å²) in [5, 5.41) is 0. The summed E-state index contributed by atoms with van der Waals surface area (Å²) in [4.78, 5) is 25.6. The monoisotopic (exact) mass is 174 g/mol. The first kappa shape index (κ1) is 10.4. The predicted molar refractivity (Wildman–Crippen MR) is 8.29 cm³/mol. The van der Waals surface area contributed by atoms with Crippen LogP contribution >= 0.6 is 7.82 Å². The van der Waals surface area contributed by atoms with E-state index < -0.39 is 7.82 Å². The molecule has 0 saturated heterocycles. The Morgan fingerprint density at radius 3 is 1.14 bits per heavy atom. The Hall–Kier alpha value is 0.429. The van der Waals surface area contributed by atoms with Gasteiger partial charge in [-0.3, -0.25) is 0 Å². The molecule has 0 saturated carbocycles. The molecule has 0 spiro atoms. The summed E-state index contributed by atoms with van der Waals surface area (Å²) >= 11 is 2.94. The van der Waals surface area contributed by atoms with Crippen molar-refractivity contribution in [1.29, 1.82) is 0 Å². The van der Waals surface area contributed by atoms with Crippen molar-refractivity contribution in [3.63, 3.8) is 0 Å². The van der Waals surface area contributed by atoms with Crippen molar-refractivity contribution >= 4 is 7.82 Å². The van der Waals surface area contributed by atoms with Crippen molar-refractivity contribution in [2.75, 3.05) is 0 Å². The first-order chi connectivity index (χ1) is 3.00. The average Bonchev–Trinajstić information content (AvgIpc) is 1.36. The van der Waals surface area contributed by atoms with E-state index in [0.717, 1.165) is 0 Å². The summed E-state index contributed by atoms with van der Waals surface area (Å²) < 4.78 is 16.4. The third kappa shape index (κ3) is 684. The fourth-order valence-corrected chi connectivity index (χ4v) is 0. The molecule has 0 aromatic rings. The van der Waals surface area contributed by atoms with E-state index in [1.54, 1.807) is 0 Å². The molecule has 0 fully saturated rings. The Bertz CT molecular complexity index is 63.9. The molecule has 0 radical (unpaired) electrons. The van der Waals surface area contributed by atoms with Crippen molar-refractivity contribution in [1.82, 2.24) is 0 Å². The number of hydrogen-bond acceptors (Lipinski definition) is 5. The van der Waals surface area contributed by atoms with E-state index in [1.807, 2.05) is 0 Å². The van der Waals surface area contributed by atoms with Crippen LogP contribution in [0.25, 0.3) is 0 Å². The first-order valence-corrected chi connectivity index (χ1v) is 2.70. The molecule has 0 amide bonds. The Labute approximate surface area is 47.6 Å². The molecule has 5 nitrogen and oxygen atoms in total. The van der Waals surface area contributed by atoms with E-state index in [1.165, 1.54) is 0 Å². The van der Waals surface area contributed by atoms with Gasteiger partial charge in [0.25, 0.3) is 0 Å². The quantitative estimate of drug-likeness (QED) is 0.289. The van der Waals surface area contributed by atoms with Crippen LogP contribution in [0.2, 0.25) is 0 Å². The van der Waals surface area contributed by atoms with Crippen molar-refractivity contribution in [3.8, 4) is 0 Å². The van der Waals surface area contributed by atoms with Crippen LogP contribution in [0.15, 0.2) is 0 Å². The molecule has 0 unspecified atom stereocenters. The summed E-state index contributed by atoms with van der Waals surface area (Å²) in [5.41, 5.74) is 0. The van der Waals surface area contributed by atoms with E-state index in [0.29, 0.717) is 0 Å². The van der Waals surface area contributed by atoms with Crippen LogP contribution in [0.5, 0.6) is 0 Å². The second-order valence-electron chi connectivity index (χ2n) is 0.447. The topological polar surface area (TPSA) is 103 Å². The summed E-state index contributed by atoms with van der Waals surface area (Å²) in [6.07, 6.45) is 0. The van der Waals surface area contributed by atoms with Crippen molar-refractivity contribution in [2.24, 2.45) is 0 Å². The van der Waals surface area contributed by atoms with Crippen LogP contribution in [-0.4, -0.2) is 0 Å². The molecule has 7 heteroatoms. The van der Waals surface area contributed by atoms with Crippen LogP contribution in [0.3, 0.4) is 0 Å². The number of hydrogen-bond donors (Lipinski definition) is 0. The fraction of sp³-hybridized carbons (Fsp3) is 0. The second kappa shape index (κ2) is 4.59. The molecule has 7 heavy (non-hydrogen) atoms. The van der Waals surface area contributed by atoms with Gasteiger partial charge in [0.2, 0.25) is 0 Å². The zero-order chi connectivity index (χ0) is 6.50. The molecule has 0 aromatic carbocycles. The fourth-order valence-electron chi connectivity index (χ4n) is 0. The molecule has 0 bridgehead atoms. The molecular formula is CuO5P. The minimum absolute atomic E-state index is 2.94. The first-order valence-electron chi connectivity index (χ1n) is 0.853. The molecule has 0 rings (SSSR count). The van der Waals surface area contributed by atoms with Gasteiger partial charge in [0.05, 0.1) is 0 Å². The normalized spacial score (nSPS) is 9.14. The zero-order valence-corrected chi connectivity index (χ0v) is 4.63. The van der Waals surface area contributed by atoms with Crippen LogP contribution in [-0.2, 0) is 24.3 Å². The van der Waals surface area contributed by atoms with Crippen LogP contribution in [0.4, 0.5) is 0 Å². The van der Waals surface area contributed by atoms with Gasteiger partial charge < -0.3 is 19.2 Å². The van der Waals surface area contributed by atoms with Gasteiger partial charge in [-0.1, -0.05) is 0 Å². The van der Waals surface area contributed by atoms with Crippen molar-refractivity contribution < 1.29 is 39.0 Å². The van der Waals surface area contributed by atoms with Gasteiger partial charge in [-0.05, 0) is 0 Å². The van der Waals surface area contributed by atoms with Gasteiger partial charge in [0.15, 0.2) is 0 Å². The molecule has 0 aliphatic heterocycles. The molecule has 0 heterocycles. The molecular weight excluding hydrogens is 175 g/mol. The minimum atomic E-state index is -5.39. The van der Waals surface area contributed by atoms with Gasteiger partial charge >= 0.3 is 19.8 Å². The summed E-state index contributed by atoms with van der Waals surface area (Å²) in [5.74, 6) is 0. The molecule has 0 N–H and O–H groups in total. The Morgan fingerprint density at radius 1 is 1.14 bits per heavy atom. The number of phosphoric acid groups is 1. The Morgan fingerprint density at radius 2 is 1.14 bits per heavy atom. The van der Waals surface area contributed by atoms with Crippen molar-refractivity contribution in [2.45, 2.75) is 0 Å². The van der Waals surface area contributed by atoms with E-state index in [-0.39, 0.29) is 0 Å². The van der Waals surface area contributed by atoms with Gasteiger partial charge in [0, 0.05) is 0 Å². The van der Waals surface area contributed by atoms with Gasteiger partial charge in [0.1, 0.15) is 0 Å². The Balaban J connectivity index is 0. The van der Waals surface area contributed by atoms with Crippen molar-refractivity contribution in [3.05, 3.63) is 0 Å². The van der Waals surface area contributed by atoms with E-state index in [4.69, 9.17) is 23.1 Å². The third-order valence-electron chi connectivity index (χ3n) is 0. The van der Waals surface area contributed by atoms with Crippen LogP contribution in [0.1, 0.15) is 0 Å². The SMILES string of the molecule is O=P([O-])([O-])[O-].[O]=[Cu+3]. The van der Waals surface area contributed by atoms with Gasteiger partial charge in [-0.15, -0.1) is 0 Å². The standard InChI is InChI=1S/Cu.H3O4P.O/c;1-5(2,3)4;/h;(H3,1,2,3,4);/q+3;;/p-3. The number of rotatable bonds is 0. The molecule has 0 aromatic heterocycles. The zero-order valence-electron chi connectivity index (χ0n) is 2.79. The third-order valence-corrected chi connectivity index (χ3v) is 0. The molecule has 0 aliphatic rings. The summed E-state index contributed by atoms with van der Waals surface area (Å²) in [7, 11) is -5.39.